The fraction of sp³-hybridized carbons (Fsp3) is 0.394. The number of rotatable bonds is 20. The van der Waals surface area contributed by atoms with Crippen LogP contribution in [0.2, 0.25) is 0 Å². The number of carbonyl (C=O) groups excluding carboxylic acids is 2. The Bertz CT molecular complexity index is 1610. The Morgan fingerprint density at radius 2 is 1.02 bits per heavy atom. The van der Waals surface area contributed by atoms with E-state index in [2.05, 4.69) is 0 Å². The molecule has 12 nitrogen and oxygen atoms in total. The number of carbonyl (C=O) groups is 4. The number of ketones is 2. The summed E-state index contributed by atoms with van der Waals surface area (Å²) in [5.74, 6) is -2.24. The van der Waals surface area contributed by atoms with Crippen LogP contribution in [-0.2, 0) is 19.1 Å². The Labute approximate surface area is 282 Å². The first-order chi connectivity index (χ1) is 22.6. The summed E-state index contributed by atoms with van der Waals surface area (Å²) in [6.45, 7) is 0.562. The van der Waals surface area contributed by atoms with E-state index >= 15 is 0 Å². The summed E-state index contributed by atoms with van der Waals surface area (Å²) >= 11 is -0.571. The summed E-state index contributed by atoms with van der Waals surface area (Å²) in [5.41, 5.74) is 0. The molecule has 4 rings (SSSR count). The average Bonchev–Trinajstić information content (AvgIpc) is 3.66. The zero-order valence-corrected chi connectivity index (χ0v) is 29.8. The predicted octanol–water partition coefficient (Wildman–Crippen LogP) is 3.81. The molecule has 0 aliphatic heterocycles. The van der Waals surface area contributed by atoms with Crippen LogP contribution in [-0.4, -0.2) is 118 Å². The van der Waals surface area contributed by atoms with E-state index in [-0.39, 0.29) is 66.6 Å². The molecule has 0 bridgehead atoms. The Morgan fingerprint density at radius 3 is 1.36 bits per heavy atom. The molecule has 2 aromatic carbocycles. The number of aliphatic carboxylic acids is 2. The van der Waals surface area contributed by atoms with Crippen molar-refractivity contribution in [2.75, 3.05) is 54.9 Å². The molecule has 0 amide bonds. The van der Waals surface area contributed by atoms with Crippen molar-refractivity contribution in [3.8, 4) is 23.0 Å². The van der Waals surface area contributed by atoms with Crippen molar-refractivity contribution in [3.05, 3.63) is 45.3 Å². The molecule has 0 saturated heterocycles. The van der Waals surface area contributed by atoms with Gasteiger partial charge in [-0.1, -0.05) is 0 Å². The van der Waals surface area contributed by atoms with Crippen molar-refractivity contribution in [2.24, 2.45) is 11.8 Å². The van der Waals surface area contributed by atoms with E-state index in [1.165, 1.54) is 14.2 Å². The second kappa shape index (κ2) is 17.0. The van der Waals surface area contributed by atoms with Crippen LogP contribution in [0.4, 0.5) is 0 Å². The predicted molar refractivity (Wildman–Crippen MR) is 174 cm³/mol. The Hall–Kier alpha value is -3.64. The van der Waals surface area contributed by atoms with Gasteiger partial charge in [0.1, 0.15) is 0 Å². The molecule has 2 atom stereocenters. The van der Waals surface area contributed by atoms with Gasteiger partial charge in [0.2, 0.25) is 0 Å². The first kappa shape index (κ1) is 36.2. The number of ether oxygens (including phenoxy) is 6. The van der Waals surface area contributed by atoms with Crippen LogP contribution in [0.3, 0.4) is 0 Å². The van der Waals surface area contributed by atoms with Crippen molar-refractivity contribution < 1.29 is 57.8 Å². The van der Waals surface area contributed by atoms with Crippen molar-refractivity contribution in [1.29, 1.82) is 0 Å². The van der Waals surface area contributed by atoms with E-state index < -0.39 is 23.8 Å². The molecular formula is C33H36O12Se2. The SMILES string of the molecule is COCC(CC(=O)c1cc2cc(OCCCOc3cc4cc(C(=O)CC(COC)C(=O)O)[se]c4cc3OC)c(OC)cc2[se]1)C(=O)O. The standard InChI is InChI=1S/C33H36O12Se2/c1-40-16-20(32(36)37)8-22(34)30-12-18-10-26(24(42-3)14-28(18)46-30)44-6-5-7-45-27-11-19-13-31(47-29(19)15-25(27)43-4)23(35)9-21(17-41-2)33(38)39/h10-15,20-21H,5-9,16-17H2,1-4H3,(H,36,37)(H,38,39). The molecule has 0 saturated carbocycles. The fourth-order valence-electron chi connectivity index (χ4n) is 4.82. The number of Topliss-reactive ketones (excluding diaryl/α,β-unsaturated/α-hetero) is 2. The molecule has 0 spiro atoms. The number of benzene rings is 2. The van der Waals surface area contributed by atoms with Crippen LogP contribution in [0.25, 0.3) is 19.3 Å². The molecule has 0 aliphatic rings. The molecule has 2 unspecified atom stereocenters. The first-order valence-corrected chi connectivity index (χ1v) is 18.0. The van der Waals surface area contributed by atoms with Gasteiger partial charge in [-0.3, -0.25) is 0 Å². The number of hydrogen-bond acceptors (Lipinski definition) is 10. The summed E-state index contributed by atoms with van der Waals surface area (Å²) in [6, 6.07) is 10.9. The molecule has 0 radical (unpaired) electrons. The van der Waals surface area contributed by atoms with Crippen LogP contribution in [0.5, 0.6) is 23.0 Å². The van der Waals surface area contributed by atoms with Crippen molar-refractivity contribution >= 4 is 71.8 Å². The first-order valence-electron chi connectivity index (χ1n) is 14.6. The molecule has 252 valence electrons. The van der Waals surface area contributed by atoms with Gasteiger partial charge in [-0.2, -0.15) is 0 Å². The molecule has 2 aromatic heterocycles. The van der Waals surface area contributed by atoms with Crippen molar-refractivity contribution in [2.45, 2.75) is 19.3 Å². The van der Waals surface area contributed by atoms with Crippen LogP contribution >= 0.6 is 0 Å². The minimum absolute atomic E-state index is 0.0327. The van der Waals surface area contributed by atoms with Crippen molar-refractivity contribution in [3.63, 3.8) is 0 Å². The fourth-order valence-corrected chi connectivity index (χ4v) is 9.11. The maximum absolute atomic E-state index is 12.8. The summed E-state index contributed by atoms with van der Waals surface area (Å²) in [4.78, 5) is 48.6. The second-order valence-corrected chi connectivity index (χ2v) is 15.1. The zero-order chi connectivity index (χ0) is 34.1. The maximum atomic E-state index is 12.8. The van der Waals surface area contributed by atoms with Crippen LogP contribution in [0.15, 0.2) is 36.4 Å². The van der Waals surface area contributed by atoms with E-state index in [0.29, 0.717) is 51.5 Å². The molecule has 14 heteroatoms. The van der Waals surface area contributed by atoms with Gasteiger partial charge >= 0.3 is 284 Å². The summed E-state index contributed by atoms with van der Waals surface area (Å²) in [6.07, 6.45) is 0.275. The summed E-state index contributed by atoms with van der Waals surface area (Å²) < 4.78 is 36.1. The third-order valence-corrected chi connectivity index (χ3v) is 12.0. The van der Waals surface area contributed by atoms with Crippen LogP contribution < -0.4 is 18.9 Å². The van der Waals surface area contributed by atoms with Gasteiger partial charge in [0.15, 0.2) is 0 Å². The third kappa shape index (κ3) is 9.25. The van der Waals surface area contributed by atoms with E-state index in [0.717, 1.165) is 19.3 Å². The quantitative estimate of drug-likeness (QED) is 0.0759. The minimum atomic E-state index is -1.07. The van der Waals surface area contributed by atoms with Crippen LogP contribution in [0.1, 0.15) is 37.7 Å². The van der Waals surface area contributed by atoms with E-state index in [1.807, 2.05) is 24.3 Å². The Balaban J connectivity index is 1.37. The van der Waals surface area contributed by atoms with Gasteiger partial charge in [-0.25, -0.2) is 0 Å². The van der Waals surface area contributed by atoms with Gasteiger partial charge in [0.25, 0.3) is 0 Å². The topological polar surface area (TPSA) is 164 Å². The van der Waals surface area contributed by atoms with E-state index in [4.69, 9.17) is 28.4 Å². The average molecular weight is 783 g/mol. The van der Waals surface area contributed by atoms with Gasteiger partial charge in [0, 0.05) is 0 Å². The second-order valence-electron chi connectivity index (χ2n) is 10.6. The number of carboxylic acid groups (broad SMARTS) is 2. The third-order valence-electron chi connectivity index (χ3n) is 7.26. The molecule has 2 heterocycles. The molecule has 47 heavy (non-hydrogen) atoms. The Morgan fingerprint density at radius 1 is 0.617 bits per heavy atom. The van der Waals surface area contributed by atoms with Crippen LogP contribution in [0, 0.1) is 11.8 Å². The van der Waals surface area contributed by atoms with E-state index in [1.54, 1.807) is 26.4 Å². The van der Waals surface area contributed by atoms with Gasteiger partial charge in [-0.15, -0.1) is 0 Å². The number of hydrogen-bond donors (Lipinski definition) is 2. The molecular weight excluding hydrogens is 746 g/mol. The van der Waals surface area contributed by atoms with Gasteiger partial charge < -0.3 is 0 Å². The molecule has 4 aromatic rings. The number of fused-ring (bicyclic) bond motifs is 2. The normalized spacial score (nSPS) is 12.5. The summed E-state index contributed by atoms with van der Waals surface area (Å²) in [7, 11) is 5.90. The monoisotopic (exact) mass is 784 g/mol. The van der Waals surface area contributed by atoms with E-state index in [9.17, 15) is 29.4 Å². The Kier molecular flexibility index (Phi) is 13.1. The van der Waals surface area contributed by atoms with Gasteiger partial charge in [0.05, 0.1) is 0 Å². The zero-order valence-electron chi connectivity index (χ0n) is 26.4. The number of methoxy groups -OCH3 is 4. The number of carboxylic acids is 2. The molecule has 2 N–H and O–H groups in total. The van der Waals surface area contributed by atoms with Gasteiger partial charge in [-0.05, 0) is 0 Å². The molecule has 0 aliphatic carbocycles. The summed E-state index contributed by atoms with van der Waals surface area (Å²) in [5, 5.41) is 20.4. The van der Waals surface area contributed by atoms with Crippen molar-refractivity contribution in [1.82, 2.24) is 0 Å². The molecule has 0 fully saturated rings.